The molecule has 4 fully saturated rings. The Kier molecular flexibility index (Phi) is 4.90. The molecule has 1 unspecified atom stereocenters. The summed E-state index contributed by atoms with van der Waals surface area (Å²) in [4.78, 5) is 24.3. The second kappa shape index (κ2) is 7.72. The molecule has 2 aliphatic heterocycles. The molecule has 182 valence electrons. The third-order valence-electron chi connectivity index (χ3n) is 7.89. The summed E-state index contributed by atoms with van der Waals surface area (Å²) in [6.07, 6.45) is 6.48. The van der Waals surface area contributed by atoms with E-state index in [9.17, 15) is 10.1 Å². The predicted octanol–water partition coefficient (Wildman–Crippen LogP) is 5.05. The molecule has 2 aromatic rings. The molecule has 1 atom stereocenters. The summed E-state index contributed by atoms with van der Waals surface area (Å²) in [5, 5.41) is 21.7. The first-order chi connectivity index (χ1) is 17.2. The number of hydrogen-bond donors (Lipinski definition) is 1. The van der Waals surface area contributed by atoms with E-state index in [1.165, 1.54) is 6.08 Å². The highest BCUT2D eigenvalue weighted by molar-refractivity contribution is 8.00. The van der Waals surface area contributed by atoms with Crippen LogP contribution in [0.1, 0.15) is 65.3 Å². The SMILES string of the molecule is Cc1cc(/C=C/C#N)cc(C)c1Oc1nc(NC23CC(C#N)(C2)C3)nc2c1C1(C)SCCCN1C2=O. The molecule has 36 heavy (non-hydrogen) atoms. The van der Waals surface area contributed by atoms with Gasteiger partial charge < -0.3 is 15.0 Å². The molecule has 9 heteroatoms. The van der Waals surface area contributed by atoms with Crippen LogP contribution in [0.4, 0.5) is 5.95 Å². The Morgan fingerprint density at radius 3 is 2.58 bits per heavy atom. The molecule has 0 spiro atoms. The van der Waals surface area contributed by atoms with E-state index in [1.54, 1.807) is 17.8 Å². The van der Waals surface area contributed by atoms with Crippen LogP contribution in [0.5, 0.6) is 11.6 Å². The van der Waals surface area contributed by atoms with Crippen LogP contribution in [-0.4, -0.2) is 38.6 Å². The van der Waals surface area contributed by atoms with E-state index in [0.29, 0.717) is 29.8 Å². The maximum absolute atomic E-state index is 13.5. The number of fused-ring (bicyclic) bond motifs is 3. The number of thioether (sulfide) groups is 1. The lowest BCUT2D eigenvalue weighted by molar-refractivity contribution is -0.0665. The summed E-state index contributed by atoms with van der Waals surface area (Å²) in [5.41, 5.74) is 3.47. The number of nitriles is 2. The van der Waals surface area contributed by atoms with E-state index in [-0.39, 0.29) is 16.9 Å². The average molecular weight is 499 g/mol. The number of rotatable bonds is 5. The number of hydrogen-bond acceptors (Lipinski definition) is 8. The van der Waals surface area contributed by atoms with E-state index in [0.717, 1.165) is 53.7 Å². The lowest BCUT2D eigenvalue weighted by atomic mass is 9.40. The van der Waals surface area contributed by atoms with Crippen LogP contribution in [0.15, 0.2) is 18.2 Å². The first-order valence-corrected chi connectivity index (χ1v) is 13.1. The second-order valence-corrected chi connectivity index (χ2v) is 12.1. The Morgan fingerprint density at radius 2 is 1.92 bits per heavy atom. The van der Waals surface area contributed by atoms with Crippen molar-refractivity contribution >= 4 is 29.7 Å². The van der Waals surface area contributed by atoms with Gasteiger partial charge in [-0.2, -0.15) is 15.5 Å². The van der Waals surface area contributed by atoms with Crippen molar-refractivity contribution in [2.24, 2.45) is 5.41 Å². The van der Waals surface area contributed by atoms with Crippen molar-refractivity contribution < 1.29 is 9.53 Å². The van der Waals surface area contributed by atoms with Gasteiger partial charge in [0.1, 0.15) is 16.3 Å². The van der Waals surface area contributed by atoms with Gasteiger partial charge in [0.25, 0.3) is 5.91 Å². The number of carbonyl (C=O) groups excluding carboxylic acids is 1. The molecule has 1 aromatic carbocycles. The van der Waals surface area contributed by atoms with Gasteiger partial charge in [-0.05, 0) is 87.1 Å². The first kappa shape index (κ1) is 22.9. The van der Waals surface area contributed by atoms with Crippen molar-refractivity contribution in [1.82, 2.24) is 14.9 Å². The van der Waals surface area contributed by atoms with E-state index in [4.69, 9.17) is 20.0 Å². The van der Waals surface area contributed by atoms with Gasteiger partial charge in [-0.15, -0.1) is 11.8 Å². The Morgan fingerprint density at radius 1 is 1.19 bits per heavy atom. The Bertz CT molecular complexity index is 1390. The standard InChI is InChI=1S/C27H26N6O2S/c1-16-10-18(6-4-7-28)11-17(2)21(16)35-22-19-20(23(34)33-8-5-9-36-25(19,33)3)30-24(31-22)32-27-12-26(13-27,14-27)15-29/h4,6,10-11H,5,8-9,12-14H2,1-3H3,(H,30,31,32)/b6-4+. The second-order valence-electron chi connectivity index (χ2n) is 10.6. The molecular formula is C27H26N6O2S. The molecular weight excluding hydrogens is 472 g/mol. The van der Waals surface area contributed by atoms with Gasteiger partial charge in [-0.25, -0.2) is 4.98 Å². The largest absolute Gasteiger partial charge is 0.438 e. The van der Waals surface area contributed by atoms with Crippen molar-refractivity contribution in [2.75, 3.05) is 17.6 Å². The normalized spacial score (nSPS) is 29.5. The lowest BCUT2D eigenvalue weighted by Crippen LogP contribution is -2.70. The highest BCUT2D eigenvalue weighted by Gasteiger charge is 2.69. The Hall–Kier alpha value is -3.56. The fourth-order valence-electron chi connectivity index (χ4n) is 6.31. The molecule has 7 rings (SSSR count). The molecule has 5 aliphatic rings. The molecule has 1 aromatic heterocycles. The maximum atomic E-state index is 13.5. The summed E-state index contributed by atoms with van der Waals surface area (Å²) in [6, 6.07) is 8.38. The Labute approximate surface area is 214 Å². The molecule has 2 bridgehead atoms. The maximum Gasteiger partial charge on any atom is 0.274 e. The van der Waals surface area contributed by atoms with Crippen molar-refractivity contribution in [2.45, 2.75) is 56.9 Å². The number of aromatic nitrogens is 2. The summed E-state index contributed by atoms with van der Waals surface area (Å²) < 4.78 is 6.54. The Balaban J connectivity index is 1.42. The quantitative estimate of drug-likeness (QED) is 0.570. The van der Waals surface area contributed by atoms with Gasteiger partial charge in [0.15, 0.2) is 0 Å². The molecule has 8 nitrogen and oxygen atoms in total. The van der Waals surface area contributed by atoms with Gasteiger partial charge in [-0.3, -0.25) is 4.79 Å². The smallest absolute Gasteiger partial charge is 0.274 e. The summed E-state index contributed by atoms with van der Waals surface area (Å²) in [5.74, 6) is 2.30. The highest BCUT2D eigenvalue weighted by atomic mass is 32.2. The zero-order chi connectivity index (χ0) is 25.3. The van der Waals surface area contributed by atoms with Crippen LogP contribution in [-0.2, 0) is 4.87 Å². The molecule has 0 radical (unpaired) electrons. The number of ether oxygens (including phenoxy) is 1. The van der Waals surface area contributed by atoms with E-state index in [1.807, 2.05) is 36.9 Å². The van der Waals surface area contributed by atoms with Crippen LogP contribution in [0.25, 0.3) is 6.08 Å². The number of allylic oxidation sites excluding steroid dienone is 1. The van der Waals surface area contributed by atoms with Crippen molar-refractivity contribution in [1.29, 1.82) is 10.5 Å². The van der Waals surface area contributed by atoms with Gasteiger partial charge in [-0.1, -0.05) is 0 Å². The molecule has 3 saturated carbocycles. The number of carbonyl (C=O) groups is 1. The minimum Gasteiger partial charge on any atom is -0.438 e. The third-order valence-corrected chi connectivity index (χ3v) is 9.37. The number of aryl methyl sites for hydroxylation is 2. The van der Waals surface area contributed by atoms with Gasteiger partial charge in [0, 0.05) is 18.2 Å². The zero-order valence-electron chi connectivity index (χ0n) is 20.5. The third kappa shape index (κ3) is 3.23. The molecule has 1 saturated heterocycles. The monoisotopic (exact) mass is 498 g/mol. The number of benzene rings is 1. The fourth-order valence-corrected chi connectivity index (χ4v) is 7.63. The van der Waals surface area contributed by atoms with E-state index < -0.39 is 4.87 Å². The van der Waals surface area contributed by atoms with Crippen LogP contribution in [0, 0.1) is 41.9 Å². The topological polar surface area (TPSA) is 115 Å². The molecule has 1 amide bonds. The van der Waals surface area contributed by atoms with Crippen LogP contribution >= 0.6 is 11.8 Å². The predicted molar refractivity (Wildman–Crippen MR) is 136 cm³/mol. The minimum absolute atomic E-state index is 0.0912. The van der Waals surface area contributed by atoms with Gasteiger partial charge in [0.2, 0.25) is 11.8 Å². The van der Waals surface area contributed by atoms with E-state index in [2.05, 4.69) is 18.3 Å². The molecule has 3 aliphatic carbocycles. The van der Waals surface area contributed by atoms with Crippen molar-refractivity contribution in [3.8, 4) is 23.8 Å². The average Bonchev–Trinajstić information content (AvgIpc) is 3.03. The number of nitrogens with one attached hydrogen (secondary N) is 1. The van der Waals surface area contributed by atoms with E-state index >= 15 is 0 Å². The fraction of sp³-hybridized carbons (Fsp3) is 0.444. The highest BCUT2D eigenvalue weighted by Crippen LogP contribution is 2.68. The number of nitrogens with zero attached hydrogens (tertiary/aromatic N) is 5. The summed E-state index contributed by atoms with van der Waals surface area (Å²) >= 11 is 1.72. The van der Waals surface area contributed by atoms with Crippen molar-refractivity contribution in [3.05, 3.63) is 46.2 Å². The lowest BCUT2D eigenvalue weighted by Gasteiger charge is -2.66. The van der Waals surface area contributed by atoms with Crippen LogP contribution < -0.4 is 10.1 Å². The molecule has 1 N–H and O–H groups in total. The summed E-state index contributed by atoms with van der Waals surface area (Å²) in [6.45, 7) is 6.65. The molecule has 3 heterocycles. The number of anilines is 1. The van der Waals surface area contributed by atoms with Gasteiger partial charge >= 0.3 is 0 Å². The zero-order valence-corrected chi connectivity index (χ0v) is 21.3. The van der Waals surface area contributed by atoms with Crippen LogP contribution in [0.2, 0.25) is 0 Å². The number of amides is 1. The summed E-state index contributed by atoms with van der Waals surface area (Å²) in [7, 11) is 0. The van der Waals surface area contributed by atoms with Crippen molar-refractivity contribution in [3.63, 3.8) is 0 Å². The van der Waals surface area contributed by atoms with Crippen LogP contribution in [0.3, 0.4) is 0 Å². The minimum atomic E-state index is -0.586. The van der Waals surface area contributed by atoms with Gasteiger partial charge in [0.05, 0.1) is 23.1 Å². The first-order valence-electron chi connectivity index (χ1n) is 12.1.